The van der Waals surface area contributed by atoms with Crippen LogP contribution in [0, 0.1) is 0 Å². The van der Waals surface area contributed by atoms with Gasteiger partial charge in [0.05, 0.1) is 12.5 Å². The Balaban J connectivity index is 4.79. The lowest BCUT2D eigenvalue weighted by Crippen LogP contribution is -2.16. The van der Waals surface area contributed by atoms with Gasteiger partial charge in [-0.05, 0) is 39.3 Å². The largest absolute Gasteiger partial charge is 0.481 e. The fraction of sp³-hybridized carbons (Fsp3) is 0.636. The molecule has 0 heterocycles. The van der Waals surface area contributed by atoms with Crippen molar-refractivity contribution in [3.63, 3.8) is 0 Å². The highest BCUT2D eigenvalue weighted by molar-refractivity contribution is 5.90. The number of carbonyl (C=O) groups excluding carboxylic acids is 1. The smallest absolute Gasteiger partial charge is 0.333 e. The lowest BCUT2D eigenvalue weighted by molar-refractivity contribution is -0.142. The second-order valence-electron chi connectivity index (χ2n) is 3.79. The molecule has 0 aliphatic rings. The lowest BCUT2D eigenvalue weighted by Gasteiger charge is -2.11. The summed E-state index contributed by atoms with van der Waals surface area (Å²) in [6, 6.07) is 0. The molecule has 0 fully saturated rings. The monoisotopic (exact) mass is 229 g/mol. The molecular weight excluding hydrogens is 210 g/mol. The molecule has 0 spiro atoms. The van der Waals surface area contributed by atoms with Crippen LogP contribution in [0.25, 0.3) is 0 Å². The molecule has 0 atom stereocenters. The quantitative estimate of drug-likeness (QED) is 0.525. The topological polar surface area (TPSA) is 89.6 Å². The number of esters is 1. The lowest BCUT2D eigenvalue weighted by atomic mass is 10.0. The molecule has 3 N–H and O–H groups in total. The first-order chi connectivity index (χ1) is 7.38. The Kier molecular flexibility index (Phi) is 6.41. The molecule has 5 heteroatoms. The van der Waals surface area contributed by atoms with Crippen LogP contribution in [0.4, 0.5) is 0 Å². The van der Waals surface area contributed by atoms with E-state index >= 15 is 0 Å². The van der Waals surface area contributed by atoms with Crippen molar-refractivity contribution in [3.8, 4) is 0 Å². The SMILES string of the molecule is CC(C(=O)OC(C)C)=C(CCN)CC(=O)O. The average Bonchev–Trinajstić information content (AvgIpc) is 2.14. The summed E-state index contributed by atoms with van der Waals surface area (Å²) in [7, 11) is 0. The van der Waals surface area contributed by atoms with E-state index in [9.17, 15) is 9.59 Å². The highest BCUT2D eigenvalue weighted by Gasteiger charge is 2.15. The Labute approximate surface area is 95.3 Å². The van der Waals surface area contributed by atoms with Crippen LogP contribution in [-0.2, 0) is 14.3 Å². The summed E-state index contributed by atoms with van der Waals surface area (Å²) in [5.41, 5.74) is 6.24. The Morgan fingerprint density at radius 1 is 1.38 bits per heavy atom. The van der Waals surface area contributed by atoms with Crippen LogP contribution in [0.15, 0.2) is 11.1 Å². The van der Waals surface area contributed by atoms with Crippen LogP contribution in [-0.4, -0.2) is 29.7 Å². The van der Waals surface area contributed by atoms with Crippen molar-refractivity contribution in [3.05, 3.63) is 11.1 Å². The molecule has 0 aromatic rings. The summed E-state index contributed by atoms with van der Waals surface area (Å²) >= 11 is 0. The van der Waals surface area contributed by atoms with E-state index in [-0.39, 0.29) is 12.5 Å². The van der Waals surface area contributed by atoms with Crippen LogP contribution in [0.1, 0.15) is 33.6 Å². The molecule has 5 nitrogen and oxygen atoms in total. The third kappa shape index (κ3) is 5.50. The maximum absolute atomic E-state index is 11.5. The number of ether oxygens (including phenoxy) is 1. The van der Waals surface area contributed by atoms with E-state index in [0.717, 1.165) is 0 Å². The number of rotatable bonds is 6. The molecule has 0 aliphatic heterocycles. The summed E-state index contributed by atoms with van der Waals surface area (Å²) in [5, 5.41) is 8.70. The van der Waals surface area contributed by atoms with Gasteiger partial charge in [-0.2, -0.15) is 0 Å². The zero-order chi connectivity index (χ0) is 12.7. The molecule has 92 valence electrons. The summed E-state index contributed by atoms with van der Waals surface area (Å²) in [6.45, 7) is 5.36. The van der Waals surface area contributed by atoms with Crippen molar-refractivity contribution in [2.45, 2.75) is 39.7 Å². The Morgan fingerprint density at radius 3 is 2.31 bits per heavy atom. The molecule has 0 radical (unpaired) electrons. The van der Waals surface area contributed by atoms with Gasteiger partial charge < -0.3 is 15.6 Å². The number of nitrogens with two attached hydrogens (primary N) is 1. The van der Waals surface area contributed by atoms with E-state index in [2.05, 4.69) is 0 Å². The normalized spacial score (nSPS) is 12.3. The zero-order valence-corrected chi connectivity index (χ0v) is 9.95. The second kappa shape index (κ2) is 7.00. The fourth-order valence-corrected chi connectivity index (χ4v) is 1.21. The third-order valence-electron chi connectivity index (χ3n) is 1.99. The maximum Gasteiger partial charge on any atom is 0.333 e. The predicted octanol–water partition coefficient (Wildman–Crippen LogP) is 1.08. The van der Waals surface area contributed by atoms with Gasteiger partial charge in [0.15, 0.2) is 0 Å². The van der Waals surface area contributed by atoms with Crippen molar-refractivity contribution in [2.75, 3.05) is 6.54 Å². The molecule has 0 saturated heterocycles. The van der Waals surface area contributed by atoms with Crippen LogP contribution >= 0.6 is 0 Å². The molecule has 0 aromatic heterocycles. The number of carboxylic acid groups (broad SMARTS) is 1. The van der Waals surface area contributed by atoms with Gasteiger partial charge in [0.25, 0.3) is 0 Å². The molecular formula is C11H19NO4. The van der Waals surface area contributed by atoms with Crippen molar-refractivity contribution in [2.24, 2.45) is 5.73 Å². The van der Waals surface area contributed by atoms with Gasteiger partial charge in [0, 0.05) is 5.57 Å². The molecule has 16 heavy (non-hydrogen) atoms. The molecule has 0 bridgehead atoms. The van der Waals surface area contributed by atoms with Crippen LogP contribution in [0.3, 0.4) is 0 Å². The number of hydrogen-bond donors (Lipinski definition) is 2. The van der Waals surface area contributed by atoms with Crippen molar-refractivity contribution in [1.29, 1.82) is 0 Å². The van der Waals surface area contributed by atoms with Crippen LogP contribution < -0.4 is 5.73 Å². The van der Waals surface area contributed by atoms with Gasteiger partial charge in [-0.1, -0.05) is 0 Å². The molecule has 0 rings (SSSR count). The molecule has 0 unspecified atom stereocenters. The Morgan fingerprint density at radius 2 is 1.94 bits per heavy atom. The second-order valence-corrected chi connectivity index (χ2v) is 3.79. The molecule has 0 saturated carbocycles. The van der Waals surface area contributed by atoms with Crippen molar-refractivity contribution < 1.29 is 19.4 Å². The molecule has 0 aliphatic carbocycles. The van der Waals surface area contributed by atoms with E-state index in [4.69, 9.17) is 15.6 Å². The van der Waals surface area contributed by atoms with Crippen LogP contribution in [0.2, 0.25) is 0 Å². The first-order valence-electron chi connectivity index (χ1n) is 5.20. The fourth-order valence-electron chi connectivity index (χ4n) is 1.21. The van der Waals surface area contributed by atoms with E-state index in [1.165, 1.54) is 0 Å². The van der Waals surface area contributed by atoms with E-state index < -0.39 is 11.9 Å². The van der Waals surface area contributed by atoms with Gasteiger partial charge in [-0.25, -0.2) is 4.79 Å². The van der Waals surface area contributed by atoms with Crippen molar-refractivity contribution >= 4 is 11.9 Å². The summed E-state index contributed by atoms with van der Waals surface area (Å²) in [6.07, 6.45) is 0.00747. The minimum Gasteiger partial charge on any atom is -0.481 e. The number of aliphatic carboxylic acids is 1. The third-order valence-corrected chi connectivity index (χ3v) is 1.99. The number of carboxylic acids is 1. The van der Waals surface area contributed by atoms with Gasteiger partial charge in [-0.3, -0.25) is 4.79 Å². The highest BCUT2D eigenvalue weighted by Crippen LogP contribution is 2.14. The first kappa shape index (κ1) is 14.6. The number of hydrogen-bond acceptors (Lipinski definition) is 4. The first-order valence-corrected chi connectivity index (χ1v) is 5.20. The van der Waals surface area contributed by atoms with Gasteiger partial charge in [0.1, 0.15) is 0 Å². The maximum atomic E-state index is 11.5. The summed E-state index contributed by atoms with van der Waals surface area (Å²) in [5.74, 6) is -1.44. The van der Waals surface area contributed by atoms with E-state index in [1.807, 2.05) is 0 Å². The predicted molar refractivity (Wildman–Crippen MR) is 59.9 cm³/mol. The highest BCUT2D eigenvalue weighted by atomic mass is 16.5. The van der Waals surface area contributed by atoms with Crippen molar-refractivity contribution in [1.82, 2.24) is 0 Å². The van der Waals surface area contributed by atoms with Crippen LogP contribution in [0.5, 0.6) is 0 Å². The van der Waals surface area contributed by atoms with E-state index in [1.54, 1.807) is 20.8 Å². The van der Waals surface area contributed by atoms with Gasteiger partial charge >= 0.3 is 11.9 Å². The molecule has 0 amide bonds. The zero-order valence-electron chi connectivity index (χ0n) is 9.95. The summed E-state index contributed by atoms with van der Waals surface area (Å²) in [4.78, 5) is 22.1. The van der Waals surface area contributed by atoms with Gasteiger partial charge in [-0.15, -0.1) is 0 Å². The minimum atomic E-state index is -0.972. The minimum absolute atomic E-state index is 0.170. The van der Waals surface area contributed by atoms with Gasteiger partial charge in [0.2, 0.25) is 0 Å². The summed E-state index contributed by atoms with van der Waals surface area (Å²) < 4.78 is 4.99. The Hall–Kier alpha value is -1.36. The average molecular weight is 229 g/mol. The van der Waals surface area contributed by atoms with E-state index in [0.29, 0.717) is 24.1 Å². The Bertz CT molecular complexity index is 294. The number of carbonyl (C=O) groups is 2. The molecule has 0 aromatic carbocycles. The standard InChI is InChI=1S/C11H19NO4/c1-7(2)16-11(15)8(3)9(4-5-12)6-10(13)14/h7H,4-6,12H2,1-3H3,(H,13,14).